The lowest BCUT2D eigenvalue weighted by atomic mass is 10.0. The number of nitrogens with two attached hydrogens (primary N) is 1. The number of fused-ring (bicyclic) bond motifs is 1. The Morgan fingerprint density at radius 3 is 2.52 bits per heavy atom. The van der Waals surface area contributed by atoms with Crippen molar-refractivity contribution in [3.63, 3.8) is 0 Å². The van der Waals surface area contributed by atoms with Gasteiger partial charge in [0.25, 0.3) is 5.91 Å². The molecule has 1 aliphatic heterocycles. The van der Waals surface area contributed by atoms with Crippen molar-refractivity contribution in [3.8, 4) is 22.6 Å². The molecule has 1 amide bonds. The molecule has 1 aliphatic rings. The molecule has 0 atom stereocenters. The fraction of sp³-hybridized carbons (Fsp3) is 0.174. The maximum Gasteiger partial charge on any atom is 0.255 e. The predicted molar refractivity (Wildman–Crippen MR) is 117 cm³/mol. The SMILES string of the molecule is COc1ccc(S(N)(=O)=O)cc1C(=O)NCc1ccc(-c2ccc3c(c2)CCO3)cc1. The van der Waals surface area contributed by atoms with Crippen molar-refractivity contribution in [1.29, 1.82) is 0 Å². The third-order valence-electron chi connectivity index (χ3n) is 5.17. The number of nitrogens with one attached hydrogen (secondary N) is 1. The summed E-state index contributed by atoms with van der Waals surface area (Å²) in [7, 11) is -2.52. The van der Waals surface area contributed by atoms with E-state index in [9.17, 15) is 13.2 Å². The first-order chi connectivity index (χ1) is 14.8. The molecular weight excluding hydrogens is 416 g/mol. The van der Waals surface area contributed by atoms with E-state index < -0.39 is 15.9 Å². The summed E-state index contributed by atoms with van der Waals surface area (Å²) in [5, 5.41) is 7.96. The molecule has 7 nitrogen and oxygen atoms in total. The summed E-state index contributed by atoms with van der Waals surface area (Å²) >= 11 is 0. The highest BCUT2D eigenvalue weighted by atomic mass is 32.2. The molecular formula is C23H22N2O5S. The third kappa shape index (κ3) is 4.55. The van der Waals surface area contributed by atoms with E-state index >= 15 is 0 Å². The molecule has 4 rings (SSSR count). The van der Waals surface area contributed by atoms with Crippen LogP contribution in [-0.2, 0) is 23.0 Å². The Labute approximate surface area is 180 Å². The van der Waals surface area contributed by atoms with Crippen molar-refractivity contribution in [2.24, 2.45) is 5.14 Å². The minimum Gasteiger partial charge on any atom is -0.496 e. The van der Waals surface area contributed by atoms with Gasteiger partial charge in [0.15, 0.2) is 0 Å². The Hall–Kier alpha value is -3.36. The Balaban J connectivity index is 1.47. The highest BCUT2D eigenvalue weighted by Gasteiger charge is 2.17. The lowest BCUT2D eigenvalue weighted by molar-refractivity contribution is 0.0947. The van der Waals surface area contributed by atoms with E-state index in [0.29, 0.717) is 0 Å². The molecule has 3 aromatic carbocycles. The van der Waals surface area contributed by atoms with E-state index in [-0.39, 0.29) is 22.8 Å². The maximum atomic E-state index is 12.6. The number of rotatable bonds is 6. The summed E-state index contributed by atoms with van der Waals surface area (Å²) in [6.45, 7) is 1.00. The lowest BCUT2D eigenvalue weighted by Crippen LogP contribution is -2.24. The van der Waals surface area contributed by atoms with Crippen LogP contribution in [0.5, 0.6) is 11.5 Å². The molecule has 0 spiro atoms. The van der Waals surface area contributed by atoms with Gasteiger partial charge in [-0.05, 0) is 52.6 Å². The van der Waals surface area contributed by atoms with Crippen LogP contribution >= 0.6 is 0 Å². The minimum absolute atomic E-state index is 0.103. The van der Waals surface area contributed by atoms with E-state index in [1.807, 2.05) is 36.4 Å². The fourth-order valence-electron chi connectivity index (χ4n) is 3.50. The summed E-state index contributed by atoms with van der Waals surface area (Å²) in [5.41, 5.74) is 4.41. The van der Waals surface area contributed by atoms with Crippen molar-refractivity contribution < 1.29 is 22.7 Å². The van der Waals surface area contributed by atoms with Crippen LogP contribution in [0.1, 0.15) is 21.5 Å². The van der Waals surface area contributed by atoms with Crippen LogP contribution in [-0.4, -0.2) is 28.0 Å². The van der Waals surface area contributed by atoms with Crippen LogP contribution in [0, 0.1) is 0 Å². The molecule has 160 valence electrons. The summed E-state index contributed by atoms with van der Waals surface area (Å²) in [4.78, 5) is 12.5. The monoisotopic (exact) mass is 438 g/mol. The molecule has 0 aromatic heterocycles. The predicted octanol–water partition coefficient (Wildman–Crippen LogP) is 2.87. The Kier molecular flexibility index (Phi) is 5.67. The number of amides is 1. The van der Waals surface area contributed by atoms with Crippen LogP contribution in [0.25, 0.3) is 11.1 Å². The second kappa shape index (κ2) is 8.41. The molecule has 3 aromatic rings. The molecule has 1 heterocycles. The van der Waals surface area contributed by atoms with E-state index in [4.69, 9.17) is 14.6 Å². The maximum absolute atomic E-state index is 12.6. The van der Waals surface area contributed by atoms with Gasteiger partial charge in [-0.25, -0.2) is 13.6 Å². The summed E-state index contributed by atoms with van der Waals surface area (Å²) in [6.07, 6.45) is 0.920. The topological polar surface area (TPSA) is 108 Å². The number of methoxy groups -OCH3 is 1. The minimum atomic E-state index is -3.93. The first-order valence-electron chi connectivity index (χ1n) is 9.69. The standard InChI is InChI=1S/C23H22N2O5S/c1-29-22-9-7-19(31(24,27)28)13-20(22)23(26)25-14-15-2-4-16(5-3-15)17-6-8-21-18(12-17)10-11-30-21/h2-9,12-13H,10-11,14H2,1H3,(H,25,26)(H2,24,27,28). The highest BCUT2D eigenvalue weighted by Crippen LogP contribution is 2.30. The molecule has 0 radical (unpaired) electrons. The van der Waals surface area contributed by atoms with Crippen LogP contribution in [0.15, 0.2) is 65.6 Å². The summed E-state index contributed by atoms with van der Waals surface area (Å²) in [6, 6.07) is 18.0. The van der Waals surface area contributed by atoms with Gasteiger partial charge in [-0.3, -0.25) is 4.79 Å². The van der Waals surface area contributed by atoms with Gasteiger partial charge in [0.1, 0.15) is 11.5 Å². The van der Waals surface area contributed by atoms with Gasteiger partial charge in [0.2, 0.25) is 10.0 Å². The molecule has 0 unspecified atom stereocenters. The smallest absolute Gasteiger partial charge is 0.255 e. The van der Waals surface area contributed by atoms with E-state index in [2.05, 4.69) is 11.4 Å². The van der Waals surface area contributed by atoms with Crippen molar-refractivity contribution in [2.45, 2.75) is 17.9 Å². The first-order valence-corrected chi connectivity index (χ1v) is 11.2. The van der Waals surface area contributed by atoms with Crippen LogP contribution in [0.2, 0.25) is 0 Å². The number of carbonyl (C=O) groups excluding carboxylic acids is 1. The molecule has 0 bridgehead atoms. The number of sulfonamides is 1. The van der Waals surface area contributed by atoms with Gasteiger partial charge >= 0.3 is 0 Å². The van der Waals surface area contributed by atoms with E-state index in [0.717, 1.165) is 35.5 Å². The Bertz CT molecular complexity index is 1240. The second-order valence-corrected chi connectivity index (χ2v) is 8.77. The average molecular weight is 439 g/mol. The number of hydrogen-bond acceptors (Lipinski definition) is 5. The number of hydrogen-bond donors (Lipinski definition) is 2. The van der Waals surface area contributed by atoms with E-state index in [1.165, 1.54) is 30.9 Å². The van der Waals surface area contributed by atoms with Crippen LogP contribution in [0.4, 0.5) is 0 Å². The van der Waals surface area contributed by atoms with Gasteiger partial charge < -0.3 is 14.8 Å². The number of carbonyl (C=O) groups is 1. The first kappa shape index (κ1) is 20.9. The van der Waals surface area contributed by atoms with E-state index in [1.54, 1.807) is 0 Å². The number of benzene rings is 3. The van der Waals surface area contributed by atoms with Gasteiger partial charge in [0.05, 0.1) is 24.2 Å². The Morgan fingerprint density at radius 1 is 1.06 bits per heavy atom. The van der Waals surface area contributed by atoms with Crippen molar-refractivity contribution in [2.75, 3.05) is 13.7 Å². The van der Waals surface area contributed by atoms with Crippen molar-refractivity contribution in [3.05, 3.63) is 77.4 Å². The van der Waals surface area contributed by atoms with Gasteiger partial charge in [-0.1, -0.05) is 30.3 Å². The molecule has 0 saturated heterocycles. The summed E-state index contributed by atoms with van der Waals surface area (Å²) < 4.78 is 33.9. The van der Waals surface area contributed by atoms with Gasteiger partial charge in [-0.15, -0.1) is 0 Å². The van der Waals surface area contributed by atoms with Crippen molar-refractivity contribution >= 4 is 15.9 Å². The zero-order valence-electron chi connectivity index (χ0n) is 16.9. The molecule has 31 heavy (non-hydrogen) atoms. The normalized spacial score (nSPS) is 12.7. The zero-order chi connectivity index (χ0) is 22.0. The molecule has 0 aliphatic carbocycles. The second-order valence-electron chi connectivity index (χ2n) is 7.21. The third-order valence-corrected chi connectivity index (χ3v) is 6.08. The molecule has 0 saturated carbocycles. The largest absolute Gasteiger partial charge is 0.496 e. The lowest BCUT2D eigenvalue weighted by Gasteiger charge is -2.11. The van der Waals surface area contributed by atoms with Gasteiger partial charge in [0, 0.05) is 13.0 Å². The van der Waals surface area contributed by atoms with Crippen LogP contribution in [0.3, 0.4) is 0 Å². The number of ether oxygens (including phenoxy) is 2. The highest BCUT2D eigenvalue weighted by molar-refractivity contribution is 7.89. The van der Waals surface area contributed by atoms with Crippen molar-refractivity contribution in [1.82, 2.24) is 5.32 Å². The quantitative estimate of drug-likeness (QED) is 0.615. The van der Waals surface area contributed by atoms with Crippen LogP contribution < -0.4 is 19.9 Å². The number of primary sulfonamides is 1. The zero-order valence-corrected chi connectivity index (χ0v) is 17.7. The average Bonchev–Trinajstić information content (AvgIpc) is 3.24. The summed E-state index contributed by atoms with van der Waals surface area (Å²) in [5.74, 6) is 0.760. The Morgan fingerprint density at radius 2 is 1.81 bits per heavy atom. The molecule has 8 heteroatoms. The van der Waals surface area contributed by atoms with Gasteiger partial charge in [-0.2, -0.15) is 0 Å². The fourth-order valence-corrected chi connectivity index (χ4v) is 4.04. The molecule has 0 fully saturated rings. The molecule has 3 N–H and O–H groups in total.